The first kappa shape index (κ1) is 16.5. The average molecular weight is 292 g/mol. The highest BCUT2D eigenvalue weighted by Gasteiger charge is 2.45. The minimum Gasteiger partial charge on any atom is -0.307 e. The molecule has 21 heavy (non-hydrogen) atoms. The van der Waals surface area contributed by atoms with E-state index in [0.29, 0.717) is 6.04 Å². The molecule has 0 amide bonds. The fourth-order valence-electron chi connectivity index (χ4n) is 3.94. The van der Waals surface area contributed by atoms with Crippen LogP contribution in [0.2, 0.25) is 0 Å². The van der Waals surface area contributed by atoms with Gasteiger partial charge in [-0.15, -0.1) is 0 Å². The molecule has 1 aliphatic carbocycles. The number of rotatable bonds is 6. The lowest BCUT2D eigenvalue weighted by molar-refractivity contribution is 0.0351. The van der Waals surface area contributed by atoms with E-state index in [9.17, 15) is 0 Å². The molecule has 0 spiro atoms. The zero-order chi connectivity index (χ0) is 15.5. The molecule has 0 aliphatic heterocycles. The fraction of sp³-hybridized carbons (Fsp3) is 0.824. The van der Waals surface area contributed by atoms with Crippen molar-refractivity contribution in [3.63, 3.8) is 0 Å². The minimum atomic E-state index is 0.182. The Morgan fingerprint density at radius 3 is 2.81 bits per heavy atom. The SMILES string of the molecule is CCCNC(c1ccn(C)n1)C1(N(C)C)CCCC(C)C1. The van der Waals surface area contributed by atoms with Gasteiger partial charge in [-0.3, -0.25) is 4.68 Å². The van der Waals surface area contributed by atoms with Gasteiger partial charge < -0.3 is 10.2 Å². The molecule has 1 aliphatic rings. The van der Waals surface area contributed by atoms with Gasteiger partial charge in [-0.2, -0.15) is 5.10 Å². The number of likely N-dealkylation sites (N-methyl/N-ethyl adjacent to an activating group) is 1. The number of hydrogen-bond acceptors (Lipinski definition) is 3. The summed E-state index contributed by atoms with van der Waals surface area (Å²) in [7, 11) is 6.48. The fourth-order valence-corrected chi connectivity index (χ4v) is 3.94. The van der Waals surface area contributed by atoms with Crippen molar-refractivity contribution in [3.05, 3.63) is 18.0 Å². The Labute approximate surface area is 129 Å². The maximum atomic E-state index is 4.72. The number of nitrogens with one attached hydrogen (secondary N) is 1. The average Bonchev–Trinajstić information content (AvgIpc) is 2.85. The van der Waals surface area contributed by atoms with Crippen LogP contribution >= 0.6 is 0 Å². The quantitative estimate of drug-likeness (QED) is 0.875. The van der Waals surface area contributed by atoms with Crippen LogP contribution < -0.4 is 5.32 Å². The molecule has 1 fully saturated rings. The molecule has 1 saturated carbocycles. The van der Waals surface area contributed by atoms with Gasteiger partial charge in [-0.05, 0) is 51.9 Å². The maximum absolute atomic E-state index is 4.72. The number of aromatic nitrogens is 2. The van der Waals surface area contributed by atoms with Crippen molar-refractivity contribution in [2.75, 3.05) is 20.6 Å². The predicted octanol–water partition coefficient (Wildman–Crippen LogP) is 2.97. The van der Waals surface area contributed by atoms with Crippen LogP contribution in [-0.4, -0.2) is 40.9 Å². The summed E-state index contributed by atoms with van der Waals surface area (Å²) < 4.78 is 1.92. The van der Waals surface area contributed by atoms with Crippen LogP contribution in [0.4, 0.5) is 0 Å². The summed E-state index contributed by atoms with van der Waals surface area (Å²) in [5, 5.41) is 8.51. The Kier molecular flexibility index (Phi) is 5.44. The topological polar surface area (TPSA) is 33.1 Å². The van der Waals surface area contributed by atoms with Gasteiger partial charge in [0.25, 0.3) is 0 Å². The largest absolute Gasteiger partial charge is 0.307 e. The number of hydrogen-bond donors (Lipinski definition) is 1. The van der Waals surface area contributed by atoms with E-state index in [-0.39, 0.29) is 5.54 Å². The summed E-state index contributed by atoms with van der Waals surface area (Å²) in [5.74, 6) is 0.788. The van der Waals surface area contributed by atoms with E-state index in [2.05, 4.69) is 50.4 Å². The van der Waals surface area contributed by atoms with Crippen LogP contribution in [0.1, 0.15) is 57.7 Å². The highest BCUT2D eigenvalue weighted by molar-refractivity contribution is 5.15. The summed E-state index contributed by atoms with van der Waals surface area (Å²) in [6.45, 7) is 5.67. The van der Waals surface area contributed by atoms with E-state index in [1.165, 1.54) is 31.4 Å². The van der Waals surface area contributed by atoms with Crippen LogP contribution in [0.15, 0.2) is 12.3 Å². The second-order valence-corrected chi connectivity index (χ2v) is 7.00. The van der Waals surface area contributed by atoms with E-state index in [4.69, 9.17) is 5.10 Å². The van der Waals surface area contributed by atoms with Crippen LogP contribution in [0.25, 0.3) is 0 Å². The molecule has 2 rings (SSSR count). The molecule has 0 radical (unpaired) electrons. The Morgan fingerprint density at radius 1 is 1.52 bits per heavy atom. The molecule has 0 aromatic carbocycles. The maximum Gasteiger partial charge on any atom is 0.0812 e. The van der Waals surface area contributed by atoms with Crippen LogP contribution in [0.5, 0.6) is 0 Å². The van der Waals surface area contributed by atoms with Crippen molar-refractivity contribution in [2.24, 2.45) is 13.0 Å². The first-order valence-electron chi connectivity index (χ1n) is 8.40. The molecule has 0 saturated heterocycles. The highest BCUT2D eigenvalue weighted by atomic mass is 15.3. The van der Waals surface area contributed by atoms with E-state index < -0.39 is 0 Å². The van der Waals surface area contributed by atoms with Gasteiger partial charge in [0, 0.05) is 18.8 Å². The summed E-state index contributed by atoms with van der Waals surface area (Å²) >= 11 is 0. The van der Waals surface area contributed by atoms with Gasteiger partial charge in [0.05, 0.1) is 11.7 Å². The smallest absolute Gasteiger partial charge is 0.0812 e. The third kappa shape index (κ3) is 3.49. The van der Waals surface area contributed by atoms with Gasteiger partial charge in [-0.25, -0.2) is 0 Å². The third-order valence-corrected chi connectivity index (χ3v) is 5.07. The molecule has 1 heterocycles. The second kappa shape index (κ2) is 6.93. The van der Waals surface area contributed by atoms with E-state index in [1.54, 1.807) is 0 Å². The molecule has 1 N–H and O–H groups in total. The van der Waals surface area contributed by atoms with Crippen molar-refractivity contribution < 1.29 is 0 Å². The van der Waals surface area contributed by atoms with Gasteiger partial charge in [0.2, 0.25) is 0 Å². The van der Waals surface area contributed by atoms with E-state index >= 15 is 0 Å². The monoisotopic (exact) mass is 292 g/mol. The molecule has 3 atom stereocenters. The Bertz CT molecular complexity index is 440. The summed E-state index contributed by atoms with van der Waals surface area (Å²) in [6.07, 6.45) is 8.39. The standard InChI is InChI=1S/C17H32N4/c1-6-11-18-16(15-9-12-21(5)19-15)17(20(3)4)10-7-8-14(2)13-17/h9,12,14,16,18H,6-8,10-11,13H2,1-5H3. The minimum absolute atomic E-state index is 0.182. The molecule has 4 nitrogen and oxygen atoms in total. The van der Waals surface area contributed by atoms with Crippen LogP contribution in [0.3, 0.4) is 0 Å². The lowest BCUT2D eigenvalue weighted by Crippen LogP contribution is -2.56. The summed E-state index contributed by atoms with van der Waals surface area (Å²) in [5.41, 5.74) is 1.37. The molecule has 4 heteroatoms. The van der Waals surface area contributed by atoms with E-state index in [0.717, 1.165) is 18.9 Å². The van der Waals surface area contributed by atoms with Crippen LogP contribution in [-0.2, 0) is 7.05 Å². The molecule has 3 unspecified atom stereocenters. The Balaban J connectivity index is 2.35. The van der Waals surface area contributed by atoms with Gasteiger partial charge >= 0.3 is 0 Å². The zero-order valence-corrected chi connectivity index (χ0v) is 14.4. The normalized spacial score (nSPS) is 28.0. The van der Waals surface area contributed by atoms with Crippen molar-refractivity contribution in [2.45, 2.75) is 57.5 Å². The Hall–Kier alpha value is -0.870. The second-order valence-electron chi connectivity index (χ2n) is 7.00. The first-order chi connectivity index (χ1) is 9.99. The number of nitrogens with zero attached hydrogens (tertiary/aromatic N) is 3. The first-order valence-corrected chi connectivity index (χ1v) is 8.40. The molecular weight excluding hydrogens is 260 g/mol. The van der Waals surface area contributed by atoms with Crippen molar-refractivity contribution in [1.82, 2.24) is 20.0 Å². The molecular formula is C17H32N4. The summed E-state index contributed by atoms with van der Waals surface area (Å²) in [6, 6.07) is 2.49. The third-order valence-electron chi connectivity index (χ3n) is 5.07. The lowest BCUT2D eigenvalue weighted by Gasteiger charge is -2.50. The van der Waals surface area contributed by atoms with Crippen molar-refractivity contribution in [1.29, 1.82) is 0 Å². The number of aryl methyl sites for hydroxylation is 1. The van der Waals surface area contributed by atoms with Gasteiger partial charge in [-0.1, -0.05) is 26.7 Å². The zero-order valence-electron chi connectivity index (χ0n) is 14.4. The predicted molar refractivity (Wildman–Crippen MR) is 88.3 cm³/mol. The van der Waals surface area contributed by atoms with Crippen molar-refractivity contribution in [3.8, 4) is 0 Å². The van der Waals surface area contributed by atoms with Gasteiger partial charge in [0.15, 0.2) is 0 Å². The van der Waals surface area contributed by atoms with Crippen LogP contribution in [0, 0.1) is 5.92 Å². The molecule has 1 aromatic heterocycles. The van der Waals surface area contributed by atoms with Gasteiger partial charge in [0.1, 0.15) is 0 Å². The highest BCUT2D eigenvalue weighted by Crippen LogP contribution is 2.43. The van der Waals surface area contributed by atoms with Crippen molar-refractivity contribution >= 4 is 0 Å². The van der Waals surface area contributed by atoms with E-state index in [1.807, 2.05) is 11.7 Å². The summed E-state index contributed by atoms with van der Waals surface area (Å²) in [4.78, 5) is 2.45. The Morgan fingerprint density at radius 2 is 2.29 bits per heavy atom. The molecule has 0 bridgehead atoms. The molecule has 120 valence electrons. The molecule has 1 aromatic rings. The lowest BCUT2D eigenvalue weighted by atomic mass is 9.70.